The largest absolute Gasteiger partial charge is 0.321 e. The number of nitrogens with zero attached hydrogens (tertiary/aromatic N) is 1. The van der Waals surface area contributed by atoms with E-state index in [2.05, 4.69) is 15.6 Å². The maximum absolute atomic E-state index is 12.7. The van der Waals surface area contributed by atoms with E-state index in [-0.39, 0.29) is 11.6 Å². The molecule has 0 aliphatic heterocycles. The maximum Gasteiger partial charge on any atom is 0.274 e. The zero-order valence-electron chi connectivity index (χ0n) is 15.6. The summed E-state index contributed by atoms with van der Waals surface area (Å²) < 4.78 is 0. The zero-order chi connectivity index (χ0) is 20.1. The first kappa shape index (κ1) is 19.6. The molecule has 0 saturated heterocycles. The highest BCUT2D eigenvalue weighted by Crippen LogP contribution is 2.22. The zero-order valence-corrected chi connectivity index (χ0v) is 16.4. The van der Waals surface area contributed by atoms with Gasteiger partial charge >= 0.3 is 0 Å². The third-order valence-electron chi connectivity index (χ3n) is 4.34. The maximum atomic E-state index is 12.7. The minimum Gasteiger partial charge on any atom is -0.321 e. The first-order valence-corrected chi connectivity index (χ1v) is 9.28. The van der Waals surface area contributed by atoms with Gasteiger partial charge in [-0.25, -0.2) is 0 Å². The second-order valence-corrected chi connectivity index (χ2v) is 6.74. The molecule has 2 amide bonds. The lowest BCUT2D eigenvalue weighted by Crippen LogP contribution is -2.17. The number of aromatic nitrogens is 1. The van der Waals surface area contributed by atoms with Gasteiger partial charge in [0.25, 0.3) is 11.8 Å². The van der Waals surface area contributed by atoms with Gasteiger partial charge in [-0.05, 0) is 60.9 Å². The number of halogens is 1. The van der Waals surface area contributed by atoms with Gasteiger partial charge < -0.3 is 10.6 Å². The summed E-state index contributed by atoms with van der Waals surface area (Å²) in [5, 5.41) is 6.27. The molecule has 0 fully saturated rings. The van der Waals surface area contributed by atoms with Crippen LogP contribution >= 0.6 is 11.6 Å². The quantitative estimate of drug-likeness (QED) is 0.632. The summed E-state index contributed by atoms with van der Waals surface area (Å²) >= 11 is 5.85. The van der Waals surface area contributed by atoms with Gasteiger partial charge in [0.05, 0.1) is 0 Å². The first-order chi connectivity index (χ1) is 13.5. The lowest BCUT2D eigenvalue weighted by Gasteiger charge is -2.13. The highest BCUT2D eigenvalue weighted by Gasteiger charge is 2.14. The number of benzene rings is 2. The van der Waals surface area contributed by atoms with Crippen LogP contribution in [0.25, 0.3) is 0 Å². The second kappa shape index (κ2) is 8.67. The molecule has 2 N–H and O–H groups in total. The van der Waals surface area contributed by atoms with E-state index in [4.69, 9.17) is 11.6 Å². The molecule has 1 heterocycles. The van der Waals surface area contributed by atoms with Crippen LogP contribution in [0.15, 0.2) is 60.8 Å². The van der Waals surface area contributed by atoms with E-state index < -0.39 is 5.91 Å². The van der Waals surface area contributed by atoms with Crippen molar-refractivity contribution in [1.82, 2.24) is 4.98 Å². The Morgan fingerprint density at radius 3 is 2.46 bits per heavy atom. The average Bonchev–Trinajstić information content (AvgIpc) is 2.71. The molecule has 0 radical (unpaired) electrons. The lowest BCUT2D eigenvalue weighted by molar-refractivity contribution is 0.102. The molecular formula is C22H20ClN3O2. The summed E-state index contributed by atoms with van der Waals surface area (Å²) in [7, 11) is 0. The van der Waals surface area contributed by atoms with Gasteiger partial charge in [-0.1, -0.05) is 36.7 Å². The monoisotopic (exact) mass is 393 g/mol. The van der Waals surface area contributed by atoms with E-state index in [9.17, 15) is 9.59 Å². The molecule has 28 heavy (non-hydrogen) atoms. The first-order valence-electron chi connectivity index (χ1n) is 8.90. The fourth-order valence-corrected chi connectivity index (χ4v) is 2.94. The van der Waals surface area contributed by atoms with Crippen molar-refractivity contribution < 1.29 is 9.59 Å². The van der Waals surface area contributed by atoms with Gasteiger partial charge in [-0.15, -0.1) is 0 Å². The number of aryl methyl sites for hydroxylation is 2. The van der Waals surface area contributed by atoms with Crippen LogP contribution in [-0.4, -0.2) is 16.8 Å². The normalized spacial score (nSPS) is 10.4. The number of carbonyl (C=O) groups excluding carboxylic acids is 2. The van der Waals surface area contributed by atoms with Gasteiger partial charge in [-0.2, -0.15) is 0 Å². The fraction of sp³-hybridized carbons (Fsp3) is 0.136. The molecule has 5 nitrogen and oxygen atoms in total. The van der Waals surface area contributed by atoms with Crippen molar-refractivity contribution in [3.05, 3.63) is 88.2 Å². The summed E-state index contributed by atoms with van der Waals surface area (Å²) in [4.78, 5) is 29.2. The van der Waals surface area contributed by atoms with E-state index >= 15 is 0 Å². The lowest BCUT2D eigenvalue weighted by atomic mass is 10.1. The highest BCUT2D eigenvalue weighted by molar-refractivity contribution is 6.30. The number of para-hydroxylation sites is 1. The van der Waals surface area contributed by atoms with Crippen LogP contribution in [0.4, 0.5) is 11.4 Å². The van der Waals surface area contributed by atoms with Gasteiger partial charge in [0.2, 0.25) is 0 Å². The van der Waals surface area contributed by atoms with Crippen LogP contribution in [0.2, 0.25) is 5.02 Å². The minimum atomic E-state index is -0.401. The van der Waals surface area contributed by atoms with Crippen LogP contribution in [0.5, 0.6) is 0 Å². The van der Waals surface area contributed by atoms with E-state index in [0.29, 0.717) is 16.3 Å². The van der Waals surface area contributed by atoms with Crippen molar-refractivity contribution in [1.29, 1.82) is 0 Å². The highest BCUT2D eigenvalue weighted by atomic mass is 35.5. The van der Waals surface area contributed by atoms with Crippen molar-refractivity contribution in [2.24, 2.45) is 0 Å². The average molecular weight is 394 g/mol. The molecule has 3 aromatic rings. The Labute approximate surface area is 168 Å². The molecule has 2 aromatic carbocycles. The van der Waals surface area contributed by atoms with Gasteiger partial charge in [0.1, 0.15) is 5.69 Å². The molecule has 0 atom stereocenters. The Morgan fingerprint density at radius 1 is 1.00 bits per heavy atom. The van der Waals surface area contributed by atoms with Crippen molar-refractivity contribution in [3.63, 3.8) is 0 Å². The van der Waals surface area contributed by atoms with Crippen LogP contribution in [0.1, 0.15) is 38.9 Å². The Bertz CT molecular complexity index is 1020. The molecule has 3 rings (SSSR count). The Hall–Kier alpha value is -3.18. The SMILES string of the molecule is CCc1cccc(C)c1NC(=O)c1ccnc(C(=O)Nc2ccc(Cl)cc2)c1. The molecule has 0 aliphatic carbocycles. The van der Waals surface area contributed by atoms with Crippen LogP contribution in [0, 0.1) is 6.92 Å². The molecule has 1 aromatic heterocycles. The second-order valence-electron chi connectivity index (χ2n) is 6.31. The molecule has 0 saturated carbocycles. The number of nitrogens with one attached hydrogen (secondary N) is 2. The summed E-state index contributed by atoms with van der Waals surface area (Å²) in [6.07, 6.45) is 2.26. The summed E-state index contributed by atoms with van der Waals surface area (Å²) in [6, 6.07) is 15.7. The summed E-state index contributed by atoms with van der Waals surface area (Å²) in [5.74, 6) is -0.686. The van der Waals surface area contributed by atoms with Crippen molar-refractivity contribution in [2.75, 3.05) is 10.6 Å². The number of rotatable bonds is 5. The molecule has 0 aliphatic rings. The topological polar surface area (TPSA) is 71.1 Å². The number of carbonyl (C=O) groups is 2. The summed E-state index contributed by atoms with van der Waals surface area (Å²) in [6.45, 7) is 3.99. The fourth-order valence-electron chi connectivity index (χ4n) is 2.81. The molecule has 142 valence electrons. The van der Waals surface area contributed by atoms with Crippen molar-refractivity contribution in [2.45, 2.75) is 20.3 Å². The Morgan fingerprint density at radius 2 is 1.75 bits per heavy atom. The number of hydrogen-bond acceptors (Lipinski definition) is 3. The molecular weight excluding hydrogens is 374 g/mol. The number of pyridine rings is 1. The van der Waals surface area contributed by atoms with Gasteiger partial charge in [0, 0.05) is 28.2 Å². The van der Waals surface area contributed by atoms with E-state index in [1.54, 1.807) is 30.3 Å². The molecule has 0 unspecified atom stereocenters. The van der Waals surface area contributed by atoms with Gasteiger partial charge in [0.15, 0.2) is 0 Å². The van der Waals surface area contributed by atoms with Crippen molar-refractivity contribution >= 4 is 34.8 Å². The van der Waals surface area contributed by atoms with E-state index in [1.807, 2.05) is 32.0 Å². The summed E-state index contributed by atoms with van der Waals surface area (Å²) in [5.41, 5.74) is 3.97. The Kier molecular flexibility index (Phi) is 6.06. The van der Waals surface area contributed by atoms with Crippen LogP contribution < -0.4 is 10.6 Å². The third-order valence-corrected chi connectivity index (χ3v) is 4.59. The van der Waals surface area contributed by atoms with E-state index in [1.165, 1.54) is 12.3 Å². The van der Waals surface area contributed by atoms with E-state index in [0.717, 1.165) is 23.2 Å². The van der Waals surface area contributed by atoms with Crippen molar-refractivity contribution in [3.8, 4) is 0 Å². The predicted octanol–water partition coefficient (Wildman–Crippen LogP) is 5.11. The van der Waals surface area contributed by atoms with Crippen LogP contribution in [-0.2, 0) is 6.42 Å². The third kappa shape index (κ3) is 4.56. The number of anilines is 2. The number of hydrogen-bond donors (Lipinski definition) is 2. The smallest absolute Gasteiger partial charge is 0.274 e. The number of amides is 2. The van der Waals surface area contributed by atoms with Gasteiger partial charge in [-0.3, -0.25) is 14.6 Å². The predicted molar refractivity (Wildman–Crippen MR) is 112 cm³/mol. The minimum absolute atomic E-state index is 0.156. The molecule has 0 spiro atoms. The Balaban J connectivity index is 1.78. The molecule has 6 heteroatoms. The molecule has 0 bridgehead atoms. The standard InChI is InChI=1S/C22H20ClN3O2/c1-3-15-6-4-5-14(2)20(15)26-21(27)16-11-12-24-19(13-16)22(28)25-18-9-7-17(23)8-10-18/h4-13H,3H2,1-2H3,(H,25,28)(H,26,27). The van der Waals surface area contributed by atoms with Crippen LogP contribution in [0.3, 0.4) is 0 Å².